The van der Waals surface area contributed by atoms with Crippen molar-refractivity contribution in [3.05, 3.63) is 80.6 Å². The second-order valence-corrected chi connectivity index (χ2v) is 10.4. The summed E-state index contributed by atoms with van der Waals surface area (Å²) < 4.78 is 7.72. The SMILES string of the molecule is Cc1cccn2c(=O)c(/C=C3\SC(=S)N([C@H](C)c4ccccc4)C3=O)c(NC[C@H]3CCCO3)nc12. The van der Waals surface area contributed by atoms with E-state index in [1.807, 2.05) is 56.3 Å². The van der Waals surface area contributed by atoms with E-state index in [-0.39, 0.29) is 23.6 Å². The molecule has 1 amide bonds. The fraction of sp³-hybridized carbons (Fsp3) is 0.308. The Balaban J connectivity index is 1.54. The molecule has 2 aliphatic heterocycles. The molecule has 2 fully saturated rings. The number of nitrogens with zero attached hydrogens (tertiary/aromatic N) is 3. The number of hydrogen-bond donors (Lipinski definition) is 1. The molecule has 7 nitrogen and oxygen atoms in total. The van der Waals surface area contributed by atoms with Crippen LogP contribution in [0, 0.1) is 6.92 Å². The van der Waals surface area contributed by atoms with Gasteiger partial charge in [-0.3, -0.25) is 18.9 Å². The van der Waals surface area contributed by atoms with Gasteiger partial charge in [0, 0.05) is 19.3 Å². The second kappa shape index (κ2) is 9.93. The van der Waals surface area contributed by atoms with Gasteiger partial charge in [-0.05, 0) is 50.0 Å². The average Bonchev–Trinajstić information content (AvgIpc) is 3.48. The van der Waals surface area contributed by atoms with Crippen molar-refractivity contribution in [2.75, 3.05) is 18.5 Å². The Bertz CT molecular complexity index is 1380. The molecule has 2 aromatic heterocycles. The minimum absolute atomic E-state index is 0.0740. The van der Waals surface area contributed by atoms with Gasteiger partial charge in [0.25, 0.3) is 11.5 Å². The third-order valence-electron chi connectivity index (χ3n) is 6.37. The van der Waals surface area contributed by atoms with Crippen LogP contribution in [0.15, 0.2) is 58.4 Å². The molecule has 3 aromatic rings. The van der Waals surface area contributed by atoms with Crippen molar-refractivity contribution in [1.82, 2.24) is 14.3 Å². The highest BCUT2D eigenvalue weighted by Crippen LogP contribution is 2.38. The number of anilines is 1. The van der Waals surface area contributed by atoms with Gasteiger partial charge >= 0.3 is 0 Å². The van der Waals surface area contributed by atoms with Crippen molar-refractivity contribution in [2.24, 2.45) is 0 Å². The zero-order chi connectivity index (χ0) is 24.5. The quantitative estimate of drug-likeness (QED) is 0.388. The molecule has 1 N–H and O–H groups in total. The molecule has 2 saturated heterocycles. The molecular formula is C26H26N4O3S2. The van der Waals surface area contributed by atoms with Crippen LogP contribution in [0.5, 0.6) is 0 Å². The topological polar surface area (TPSA) is 75.9 Å². The van der Waals surface area contributed by atoms with Gasteiger partial charge in [-0.15, -0.1) is 0 Å². The molecule has 9 heteroatoms. The summed E-state index contributed by atoms with van der Waals surface area (Å²) in [5, 5.41) is 3.31. The molecule has 35 heavy (non-hydrogen) atoms. The Morgan fingerprint density at radius 2 is 2.06 bits per heavy atom. The third-order valence-corrected chi connectivity index (χ3v) is 7.70. The summed E-state index contributed by atoms with van der Waals surface area (Å²) in [6, 6.07) is 13.3. The highest BCUT2D eigenvalue weighted by Gasteiger charge is 2.36. The molecular weight excluding hydrogens is 480 g/mol. The fourth-order valence-corrected chi connectivity index (χ4v) is 5.82. The van der Waals surface area contributed by atoms with E-state index in [1.54, 1.807) is 17.2 Å². The van der Waals surface area contributed by atoms with Crippen LogP contribution >= 0.6 is 24.0 Å². The van der Waals surface area contributed by atoms with Gasteiger partial charge < -0.3 is 10.1 Å². The number of rotatable bonds is 6. The van der Waals surface area contributed by atoms with Crippen LogP contribution in [0.4, 0.5) is 5.82 Å². The molecule has 0 spiro atoms. The molecule has 0 saturated carbocycles. The van der Waals surface area contributed by atoms with Crippen molar-refractivity contribution in [2.45, 2.75) is 38.8 Å². The van der Waals surface area contributed by atoms with E-state index in [1.165, 1.54) is 16.2 Å². The first-order valence-corrected chi connectivity index (χ1v) is 12.9. The average molecular weight is 507 g/mol. The molecule has 5 rings (SSSR count). The maximum Gasteiger partial charge on any atom is 0.267 e. The zero-order valence-corrected chi connectivity index (χ0v) is 21.2. The van der Waals surface area contributed by atoms with Gasteiger partial charge in [-0.25, -0.2) is 4.98 Å². The van der Waals surface area contributed by atoms with Gasteiger partial charge in [0.05, 0.1) is 22.6 Å². The lowest BCUT2D eigenvalue weighted by molar-refractivity contribution is -0.123. The van der Waals surface area contributed by atoms with Crippen LogP contribution in [-0.4, -0.2) is 43.8 Å². The lowest BCUT2D eigenvalue weighted by atomic mass is 10.1. The van der Waals surface area contributed by atoms with E-state index < -0.39 is 0 Å². The fourth-order valence-electron chi connectivity index (χ4n) is 4.42. The highest BCUT2D eigenvalue weighted by atomic mass is 32.2. The predicted octanol–water partition coefficient (Wildman–Crippen LogP) is 4.56. The van der Waals surface area contributed by atoms with Crippen molar-refractivity contribution in [3.63, 3.8) is 0 Å². The summed E-state index contributed by atoms with van der Waals surface area (Å²) in [5.41, 5.74) is 2.55. The molecule has 2 atom stereocenters. The minimum atomic E-state index is -0.241. The van der Waals surface area contributed by atoms with Crippen molar-refractivity contribution in [1.29, 1.82) is 0 Å². The lowest BCUT2D eigenvalue weighted by Crippen LogP contribution is -2.31. The number of pyridine rings is 1. The van der Waals surface area contributed by atoms with Crippen molar-refractivity contribution in [3.8, 4) is 0 Å². The number of aryl methyl sites for hydroxylation is 1. The standard InChI is InChI=1S/C26H26N4O3S2/c1-16-8-6-12-29-23(16)28-22(27-15-19-11-7-13-33-19)20(24(29)31)14-21-25(32)30(26(34)35-21)17(2)18-9-4-3-5-10-18/h3-6,8-10,12,14,17,19,27H,7,11,13,15H2,1-2H3/b21-14-/t17-,19-/m1/s1. The largest absolute Gasteiger partial charge is 0.376 e. The summed E-state index contributed by atoms with van der Waals surface area (Å²) in [7, 11) is 0. The summed E-state index contributed by atoms with van der Waals surface area (Å²) in [4.78, 5) is 33.8. The Kier molecular flexibility index (Phi) is 6.73. The molecule has 0 aliphatic carbocycles. The number of benzene rings is 1. The Labute approximate surface area is 213 Å². The Hall–Kier alpha value is -3.01. The van der Waals surface area contributed by atoms with Crippen LogP contribution in [0.1, 0.15) is 42.5 Å². The first-order valence-electron chi connectivity index (χ1n) is 11.6. The normalized spacial score (nSPS) is 20.2. The molecule has 180 valence electrons. The minimum Gasteiger partial charge on any atom is -0.376 e. The number of ether oxygens (including phenoxy) is 1. The summed E-state index contributed by atoms with van der Waals surface area (Å²) in [5.74, 6) is 0.233. The van der Waals surface area contributed by atoms with Crippen LogP contribution in [-0.2, 0) is 9.53 Å². The second-order valence-electron chi connectivity index (χ2n) is 8.72. The van der Waals surface area contributed by atoms with Gasteiger partial charge in [0.15, 0.2) is 0 Å². The number of fused-ring (bicyclic) bond motifs is 1. The van der Waals surface area contributed by atoms with Crippen LogP contribution < -0.4 is 10.9 Å². The van der Waals surface area contributed by atoms with Crippen LogP contribution in [0.25, 0.3) is 11.7 Å². The molecule has 4 heterocycles. The van der Waals surface area contributed by atoms with Crippen LogP contribution in [0.2, 0.25) is 0 Å². The maximum atomic E-state index is 13.6. The molecule has 0 bridgehead atoms. The first-order chi connectivity index (χ1) is 16.9. The third kappa shape index (κ3) is 4.63. The van der Waals surface area contributed by atoms with E-state index in [9.17, 15) is 9.59 Å². The first kappa shape index (κ1) is 23.7. The van der Waals surface area contributed by atoms with E-state index >= 15 is 0 Å². The van der Waals surface area contributed by atoms with Crippen molar-refractivity contribution >= 4 is 51.7 Å². The highest BCUT2D eigenvalue weighted by molar-refractivity contribution is 8.26. The number of hydrogen-bond acceptors (Lipinski definition) is 7. The number of thioether (sulfide) groups is 1. The number of thiocarbonyl (C=S) groups is 1. The maximum absolute atomic E-state index is 13.6. The zero-order valence-electron chi connectivity index (χ0n) is 19.6. The van der Waals surface area contributed by atoms with Gasteiger partial charge in [0.2, 0.25) is 0 Å². The lowest BCUT2D eigenvalue weighted by Gasteiger charge is -2.23. The number of aromatic nitrogens is 2. The number of nitrogens with one attached hydrogen (secondary N) is 1. The molecule has 0 unspecified atom stereocenters. The van der Waals surface area contributed by atoms with Gasteiger partial charge in [0.1, 0.15) is 15.8 Å². The van der Waals surface area contributed by atoms with Gasteiger partial charge in [-0.1, -0.05) is 60.4 Å². The number of carbonyl (C=O) groups is 1. The summed E-state index contributed by atoms with van der Waals surface area (Å²) in [6.07, 6.45) is 5.38. The Morgan fingerprint density at radius 3 is 2.80 bits per heavy atom. The number of amides is 1. The summed E-state index contributed by atoms with van der Waals surface area (Å²) in [6.45, 7) is 5.16. The van der Waals surface area contributed by atoms with E-state index in [0.717, 1.165) is 30.6 Å². The molecule has 0 radical (unpaired) electrons. The van der Waals surface area contributed by atoms with Crippen LogP contribution in [0.3, 0.4) is 0 Å². The molecule has 1 aromatic carbocycles. The van der Waals surface area contributed by atoms with Crippen molar-refractivity contribution < 1.29 is 9.53 Å². The van der Waals surface area contributed by atoms with Gasteiger partial charge in [-0.2, -0.15) is 0 Å². The monoisotopic (exact) mass is 506 g/mol. The number of carbonyl (C=O) groups excluding carboxylic acids is 1. The predicted molar refractivity (Wildman–Crippen MR) is 144 cm³/mol. The van der Waals surface area contributed by atoms with E-state index in [2.05, 4.69) is 5.32 Å². The Morgan fingerprint density at radius 1 is 1.26 bits per heavy atom. The summed E-state index contributed by atoms with van der Waals surface area (Å²) >= 11 is 6.78. The van der Waals surface area contributed by atoms with E-state index in [0.29, 0.717) is 32.8 Å². The smallest absolute Gasteiger partial charge is 0.267 e. The molecule has 2 aliphatic rings. The van der Waals surface area contributed by atoms with E-state index in [4.69, 9.17) is 21.9 Å².